The molecule has 0 bridgehead atoms. The highest BCUT2D eigenvalue weighted by molar-refractivity contribution is 5.73. The van der Waals surface area contributed by atoms with Crippen LogP contribution in [0.2, 0.25) is 0 Å². The Kier molecular flexibility index (Phi) is 3.72. The Hall–Kier alpha value is -2.16. The molecule has 1 aromatic rings. The van der Waals surface area contributed by atoms with Gasteiger partial charge in [-0.2, -0.15) is 5.26 Å². The SMILES string of the molecule is COC(=O)[C@@H]1CCCN(c2nccnc2C#N)C1. The molecule has 18 heavy (non-hydrogen) atoms. The van der Waals surface area contributed by atoms with E-state index in [0.717, 1.165) is 19.4 Å². The van der Waals surface area contributed by atoms with Gasteiger partial charge in [-0.25, -0.2) is 9.97 Å². The van der Waals surface area contributed by atoms with Crippen molar-refractivity contribution in [1.29, 1.82) is 5.26 Å². The van der Waals surface area contributed by atoms with Crippen molar-refractivity contribution in [3.05, 3.63) is 18.1 Å². The summed E-state index contributed by atoms with van der Waals surface area (Å²) in [6.45, 7) is 1.31. The highest BCUT2D eigenvalue weighted by Gasteiger charge is 2.28. The quantitative estimate of drug-likeness (QED) is 0.716. The lowest BCUT2D eigenvalue weighted by molar-refractivity contribution is -0.145. The standard InChI is InChI=1S/C12H14N4O2/c1-18-12(17)9-3-2-6-16(8-9)11-10(7-13)14-4-5-15-11/h4-5,9H,2-3,6,8H2,1H3/t9-/m1/s1. The Morgan fingerprint density at radius 2 is 2.33 bits per heavy atom. The molecular weight excluding hydrogens is 232 g/mol. The van der Waals surface area contributed by atoms with E-state index >= 15 is 0 Å². The van der Waals surface area contributed by atoms with Crippen LogP contribution in [0.15, 0.2) is 12.4 Å². The van der Waals surface area contributed by atoms with Crippen molar-refractivity contribution in [1.82, 2.24) is 9.97 Å². The number of ether oxygens (including phenoxy) is 1. The van der Waals surface area contributed by atoms with Gasteiger partial charge in [-0.3, -0.25) is 4.79 Å². The highest BCUT2D eigenvalue weighted by Crippen LogP contribution is 2.23. The summed E-state index contributed by atoms with van der Waals surface area (Å²) in [5.74, 6) is 0.188. The Bertz CT molecular complexity index is 483. The summed E-state index contributed by atoms with van der Waals surface area (Å²) in [5.41, 5.74) is 0.294. The molecule has 6 nitrogen and oxygen atoms in total. The molecule has 0 aromatic carbocycles. The molecule has 1 aliphatic rings. The Morgan fingerprint density at radius 1 is 1.56 bits per heavy atom. The number of hydrogen-bond acceptors (Lipinski definition) is 6. The molecule has 1 fully saturated rings. The van der Waals surface area contributed by atoms with Crippen LogP contribution in [0.5, 0.6) is 0 Å². The van der Waals surface area contributed by atoms with Gasteiger partial charge in [-0.15, -0.1) is 0 Å². The number of carbonyl (C=O) groups excluding carboxylic acids is 1. The molecule has 1 atom stereocenters. The molecule has 94 valence electrons. The van der Waals surface area contributed by atoms with E-state index in [-0.39, 0.29) is 11.9 Å². The van der Waals surface area contributed by atoms with Gasteiger partial charge >= 0.3 is 5.97 Å². The minimum atomic E-state index is -0.206. The van der Waals surface area contributed by atoms with E-state index in [1.165, 1.54) is 13.3 Å². The number of rotatable bonds is 2. The van der Waals surface area contributed by atoms with E-state index in [1.807, 2.05) is 11.0 Å². The van der Waals surface area contributed by atoms with Crippen LogP contribution in [0.3, 0.4) is 0 Å². The maximum atomic E-state index is 11.5. The molecule has 0 unspecified atom stereocenters. The van der Waals surface area contributed by atoms with Crippen LogP contribution in [0, 0.1) is 17.2 Å². The molecule has 0 N–H and O–H groups in total. The maximum Gasteiger partial charge on any atom is 0.310 e. The predicted molar refractivity (Wildman–Crippen MR) is 63.7 cm³/mol. The lowest BCUT2D eigenvalue weighted by atomic mass is 9.98. The number of methoxy groups -OCH3 is 1. The maximum absolute atomic E-state index is 11.5. The Morgan fingerprint density at radius 3 is 3.06 bits per heavy atom. The van der Waals surface area contributed by atoms with E-state index in [4.69, 9.17) is 10.00 Å². The number of esters is 1. The number of hydrogen-bond donors (Lipinski definition) is 0. The van der Waals surface area contributed by atoms with Crippen molar-refractivity contribution in [3.63, 3.8) is 0 Å². The number of aromatic nitrogens is 2. The lowest BCUT2D eigenvalue weighted by Crippen LogP contribution is -2.40. The van der Waals surface area contributed by atoms with Crippen LogP contribution in [-0.2, 0) is 9.53 Å². The van der Waals surface area contributed by atoms with Gasteiger partial charge in [0.15, 0.2) is 11.5 Å². The van der Waals surface area contributed by atoms with Crippen molar-refractivity contribution in [2.45, 2.75) is 12.8 Å². The molecule has 2 heterocycles. The first-order valence-electron chi connectivity index (χ1n) is 5.80. The zero-order chi connectivity index (χ0) is 13.0. The molecular formula is C12H14N4O2. The number of carbonyl (C=O) groups is 1. The Labute approximate surface area is 105 Å². The van der Waals surface area contributed by atoms with Gasteiger partial charge in [-0.05, 0) is 12.8 Å². The second kappa shape index (κ2) is 5.45. The van der Waals surface area contributed by atoms with Crippen LogP contribution >= 0.6 is 0 Å². The summed E-state index contributed by atoms with van der Waals surface area (Å²) in [4.78, 5) is 21.6. The number of anilines is 1. The van der Waals surface area contributed by atoms with Crippen molar-refractivity contribution in [3.8, 4) is 6.07 Å². The molecule has 0 saturated carbocycles. The molecule has 0 spiro atoms. The normalized spacial score (nSPS) is 19.1. The summed E-state index contributed by atoms with van der Waals surface area (Å²) < 4.78 is 4.76. The molecule has 0 aliphatic carbocycles. The fourth-order valence-corrected chi connectivity index (χ4v) is 2.17. The fourth-order valence-electron chi connectivity index (χ4n) is 2.17. The first-order chi connectivity index (χ1) is 8.76. The topological polar surface area (TPSA) is 79.1 Å². The summed E-state index contributed by atoms with van der Waals surface area (Å²) in [5, 5.41) is 9.00. The van der Waals surface area contributed by atoms with Gasteiger partial charge in [0.25, 0.3) is 0 Å². The molecule has 6 heteroatoms. The molecule has 1 aliphatic heterocycles. The average molecular weight is 246 g/mol. The number of piperidine rings is 1. The van der Waals surface area contributed by atoms with Crippen LogP contribution < -0.4 is 4.90 Å². The molecule has 1 saturated heterocycles. The highest BCUT2D eigenvalue weighted by atomic mass is 16.5. The minimum Gasteiger partial charge on any atom is -0.469 e. The third-order valence-corrected chi connectivity index (χ3v) is 3.04. The van der Waals surface area contributed by atoms with Gasteiger partial charge in [0, 0.05) is 25.5 Å². The molecule has 0 radical (unpaired) electrons. The third kappa shape index (κ3) is 2.40. The van der Waals surface area contributed by atoms with Crippen molar-refractivity contribution < 1.29 is 9.53 Å². The smallest absolute Gasteiger partial charge is 0.310 e. The predicted octanol–water partition coefficient (Wildman–Crippen LogP) is 0.738. The molecule has 0 amide bonds. The van der Waals surface area contributed by atoms with Gasteiger partial charge in [0.2, 0.25) is 0 Å². The van der Waals surface area contributed by atoms with Crippen LogP contribution in [0.4, 0.5) is 5.82 Å². The first kappa shape index (κ1) is 12.3. The van der Waals surface area contributed by atoms with Crippen molar-refractivity contribution in [2.24, 2.45) is 5.92 Å². The molecule has 2 rings (SSSR count). The summed E-state index contributed by atoms with van der Waals surface area (Å²) in [6, 6.07) is 2.02. The average Bonchev–Trinajstić information content (AvgIpc) is 2.46. The van der Waals surface area contributed by atoms with Gasteiger partial charge in [0.1, 0.15) is 6.07 Å². The van der Waals surface area contributed by atoms with Crippen LogP contribution in [0.1, 0.15) is 18.5 Å². The summed E-state index contributed by atoms with van der Waals surface area (Å²) >= 11 is 0. The van der Waals surface area contributed by atoms with Crippen LogP contribution in [0.25, 0.3) is 0 Å². The second-order valence-corrected chi connectivity index (χ2v) is 4.15. The first-order valence-corrected chi connectivity index (χ1v) is 5.80. The van der Waals surface area contributed by atoms with Gasteiger partial charge in [0.05, 0.1) is 13.0 Å². The van der Waals surface area contributed by atoms with E-state index in [9.17, 15) is 4.79 Å². The summed E-state index contributed by atoms with van der Waals surface area (Å²) in [7, 11) is 1.39. The number of nitrogens with zero attached hydrogens (tertiary/aromatic N) is 4. The second-order valence-electron chi connectivity index (χ2n) is 4.15. The molecule has 1 aromatic heterocycles. The summed E-state index contributed by atoms with van der Waals surface area (Å²) in [6.07, 6.45) is 4.73. The monoisotopic (exact) mass is 246 g/mol. The van der Waals surface area contributed by atoms with E-state index in [1.54, 1.807) is 6.20 Å². The third-order valence-electron chi connectivity index (χ3n) is 3.04. The number of nitriles is 1. The Balaban J connectivity index is 2.18. The van der Waals surface area contributed by atoms with Crippen LogP contribution in [-0.4, -0.2) is 36.1 Å². The van der Waals surface area contributed by atoms with E-state index in [0.29, 0.717) is 18.1 Å². The fraction of sp³-hybridized carbons (Fsp3) is 0.500. The van der Waals surface area contributed by atoms with Crippen molar-refractivity contribution >= 4 is 11.8 Å². The van der Waals surface area contributed by atoms with Crippen molar-refractivity contribution in [2.75, 3.05) is 25.1 Å². The zero-order valence-corrected chi connectivity index (χ0v) is 10.2. The largest absolute Gasteiger partial charge is 0.469 e. The minimum absolute atomic E-state index is 0.155. The van der Waals surface area contributed by atoms with E-state index < -0.39 is 0 Å². The van der Waals surface area contributed by atoms with E-state index in [2.05, 4.69) is 9.97 Å². The zero-order valence-electron chi connectivity index (χ0n) is 10.2. The van der Waals surface area contributed by atoms with Gasteiger partial charge < -0.3 is 9.64 Å². The lowest BCUT2D eigenvalue weighted by Gasteiger charge is -2.32. The van der Waals surface area contributed by atoms with Gasteiger partial charge in [-0.1, -0.05) is 0 Å².